The third kappa shape index (κ3) is 1.87. The highest BCUT2D eigenvalue weighted by molar-refractivity contribution is 7.91. The maximum absolute atomic E-state index is 12.6. The van der Waals surface area contributed by atoms with Crippen LogP contribution in [-0.4, -0.2) is 45.9 Å². The zero-order chi connectivity index (χ0) is 15.5. The molecule has 7 nitrogen and oxygen atoms in total. The van der Waals surface area contributed by atoms with Crippen LogP contribution in [0.1, 0.15) is 6.04 Å². The van der Waals surface area contributed by atoms with Crippen LogP contribution in [0.3, 0.4) is 0 Å². The molecule has 114 valence electrons. The lowest BCUT2D eigenvalue weighted by Crippen LogP contribution is -2.33. The summed E-state index contributed by atoms with van der Waals surface area (Å²) in [5.74, 6) is -0.608. The second kappa shape index (κ2) is 4.40. The fraction of sp³-hybridized carbons (Fsp3) is 0.286. The first-order valence-electron chi connectivity index (χ1n) is 6.83. The Morgan fingerprint density at radius 2 is 2.00 bits per heavy atom. The topological polar surface area (TPSA) is 105 Å². The molecule has 1 aromatic carbocycles. The number of hydrogen-bond acceptors (Lipinski definition) is 5. The Balaban J connectivity index is 1.96. The summed E-state index contributed by atoms with van der Waals surface area (Å²) in [5, 5.41) is 15.6. The Bertz CT molecular complexity index is 1050. The first-order valence-corrected chi connectivity index (χ1v) is 8.65. The van der Waals surface area contributed by atoms with Crippen LogP contribution in [0.15, 0.2) is 35.3 Å². The van der Waals surface area contributed by atoms with Gasteiger partial charge in [-0.25, -0.2) is 13.1 Å². The minimum absolute atomic E-state index is 0.271. The molecule has 0 spiro atoms. The van der Waals surface area contributed by atoms with Crippen molar-refractivity contribution in [1.29, 1.82) is 0 Å². The van der Waals surface area contributed by atoms with Crippen molar-refractivity contribution in [1.82, 2.24) is 14.8 Å². The van der Waals surface area contributed by atoms with Crippen molar-refractivity contribution in [2.45, 2.75) is 12.1 Å². The smallest absolute Gasteiger partial charge is 0.291 e. The van der Waals surface area contributed by atoms with E-state index in [1.165, 1.54) is 6.20 Å². The summed E-state index contributed by atoms with van der Waals surface area (Å²) in [7, 11) is -3.35. The molecule has 1 aliphatic rings. The molecule has 1 saturated heterocycles. The van der Waals surface area contributed by atoms with Crippen LogP contribution in [0.5, 0.6) is 0 Å². The predicted octanol–water partition coefficient (Wildman–Crippen LogP) is 0.208. The number of sulfone groups is 1. The summed E-state index contributed by atoms with van der Waals surface area (Å²) >= 11 is 0. The Labute approximate surface area is 125 Å². The first-order chi connectivity index (χ1) is 10.5. The van der Waals surface area contributed by atoms with Crippen LogP contribution in [0.25, 0.3) is 21.8 Å². The molecule has 22 heavy (non-hydrogen) atoms. The molecule has 0 radical (unpaired) electrons. The fourth-order valence-corrected chi connectivity index (χ4v) is 4.80. The molecule has 4 rings (SSSR count). The molecule has 1 fully saturated rings. The van der Waals surface area contributed by atoms with E-state index in [1.807, 2.05) is 24.3 Å². The van der Waals surface area contributed by atoms with Gasteiger partial charge < -0.3 is 10.1 Å². The number of nitrogens with zero attached hydrogens (tertiary/aromatic N) is 2. The van der Waals surface area contributed by atoms with E-state index in [9.17, 15) is 18.3 Å². The maximum atomic E-state index is 12.6. The lowest BCUT2D eigenvalue weighted by Gasteiger charge is -2.14. The molecule has 1 aliphatic heterocycles. The quantitative estimate of drug-likeness (QED) is 0.667. The highest BCUT2D eigenvalue weighted by Gasteiger charge is 2.39. The van der Waals surface area contributed by atoms with Gasteiger partial charge in [-0.05, 0) is 6.07 Å². The van der Waals surface area contributed by atoms with Gasteiger partial charge in [0.1, 0.15) is 5.52 Å². The largest absolute Gasteiger partial charge is 0.390 e. The Hall–Kier alpha value is -2.19. The van der Waals surface area contributed by atoms with Crippen LogP contribution in [0, 0.1) is 0 Å². The standard InChI is InChI=1S/C14H13N3O4S/c18-12-7-22(20,21)6-11(12)17-14(19)13-9(5-15-17)8-3-1-2-4-10(8)16-13/h1-5,11-12,16,18H,6-7H2. The lowest BCUT2D eigenvalue weighted by atomic mass is 10.2. The molecule has 2 atom stereocenters. The van der Waals surface area contributed by atoms with Gasteiger partial charge >= 0.3 is 0 Å². The average molecular weight is 319 g/mol. The van der Waals surface area contributed by atoms with Crippen LogP contribution in [0.4, 0.5) is 0 Å². The average Bonchev–Trinajstić information content (AvgIpc) is 2.97. The zero-order valence-electron chi connectivity index (χ0n) is 11.4. The summed E-state index contributed by atoms with van der Waals surface area (Å²) in [6, 6.07) is 6.63. The third-order valence-electron chi connectivity index (χ3n) is 4.09. The van der Waals surface area contributed by atoms with Crippen molar-refractivity contribution in [3.63, 3.8) is 0 Å². The number of aromatic nitrogens is 3. The van der Waals surface area contributed by atoms with Gasteiger partial charge in [-0.15, -0.1) is 0 Å². The van der Waals surface area contributed by atoms with E-state index in [-0.39, 0.29) is 11.5 Å². The second-order valence-corrected chi connectivity index (χ2v) is 7.72. The molecule has 2 aromatic heterocycles. The lowest BCUT2D eigenvalue weighted by molar-refractivity contribution is 0.144. The minimum atomic E-state index is -3.35. The number of hydrogen-bond donors (Lipinski definition) is 2. The highest BCUT2D eigenvalue weighted by Crippen LogP contribution is 2.25. The van der Waals surface area contributed by atoms with Gasteiger partial charge in [-0.3, -0.25) is 4.79 Å². The summed E-state index contributed by atoms with van der Waals surface area (Å²) in [5.41, 5.74) is 0.760. The van der Waals surface area contributed by atoms with Gasteiger partial charge in [-0.2, -0.15) is 5.10 Å². The molecule has 8 heteroatoms. The molecule has 2 N–H and O–H groups in total. The van der Waals surface area contributed by atoms with Crippen molar-refractivity contribution in [2.75, 3.05) is 11.5 Å². The Morgan fingerprint density at radius 3 is 2.73 bits per heavy atom. The molecule has 0 bridgehead atoms. The number of aliphatic hydroxyl groups is 1. The minimum Gasteiger partial charge on any atom is -0.390 e. The van der Waals surface area contributed by atoms with Gasteiger partial charge in [0.25, 0.3) is 5.56 Å². The number of para-hydroxylation sites is 1. The summed E-state index contributed by atoms with van der Waals surface area (Å²) in [6.07, 6.45) is 0.421. The SMILES string of the molecule is O=c1c2[nH]c3ccccc3c2cnn1C1CS(=O)(=O)CC1O. The number of H-pyrrole nitrogens is 1. The van der Waals surface area contributed by atoms with Crippen LogP contribution < -0.4 is 5.56 Å². The van der Waals surface area contributed by atoms with Gasteiger partial charge in [0.05, 0.1) is 29.8 Å². The van der Waals surface area contributed by atoms with E-state index in [1.54, 1.807) is 0 Å². The maximum Gasteiger partial charge on any atom is 0.291 e. The predicted molar refractivity (Wildman–Crippen MR) is 81.6 cm³/mol. The third-order valence-corrected chi connectivity index (χ3v) is 5.79. The van der Waals surface area contributed by atoms with Crippen LogP contribution >= 0.6 is 0 Å². The van der Waals surface area contributed by atoms with E-state index >= 15 is 0 Å². The molecule has 2 unspecified atom stereocenters. The number of nitrogens with one attached hydrogen (secondary N) is 1. The molecule has 0 aliphatic carbocycles. The van der Waals surface area contributed by atoms with Crippen molar-refractivity contribution in [2.24, 2.45) is 0 Å². The number of rotatable bonds is 1. The number of aliphatic hydroxyl groups excluding tert-OH is 1. The van der Waals surface area contributed by atoms with Crippen LogP contribution in [-0.2, 0) is 9.84 Å². The Morgan fingerprint density at radius 1 is 1.23 bits per heavy atom. The summed E-state index contributed by atoms with van der Waals surface area (Å²) < 4.78 is 24.3. The summed E-state index contributed by atoms with van der Waals surface area (Å²) in [4.78, 5) is 15.6. The molecular weight excluding hydrogens is 306 g/mol. The van der Waals surface area contributed by atoms with Gasteiger partial charge in [-0.1, -0.05) is 18.2 Å². The molecule has 0 saturated carbocycles. The second-order valence-electron chi connectivity index (χ2n) is 5.57. The number of fused-ring (bicyclic) bond motifs is 3. The monoisotopic (exact) mass is 319 g/mol. The van der Waals surface area contributed by atoms with E-state index in [2.05, 4.69) is 10.1 Å². The van der Waals surface area contributed by atoms with E-state index in [0.717, 1.165) is 15.6 Å². The van der Waals surface area contributed by atoms with Crippen molar-refractivity contribution >= 4 is 31.6 Å². The van der Waals surface area contributed by atoms with Crippen molar-refractivity contribution in [3.05, 3.63) is 40.8 Å². The van der Waals surface area contributed by atoms with E-state index in [0.29, 0.717) is 10.9 Å². The first kappa shape index (κ1) is 13.5. The normalized spacial score (nSPS) is 24.2. The van der Waals surface area contributed by atoms with E-state index < -0.39 is 27.5 Å². The number of benzene rings is 1. The zero-order valence-corrected chi connectivity index (χ0v) is 12.2. The number of aromatic amines is 1. The van der Waals surface area contributed by atoms with Gasteiger partial charge in [0.2, 0.25) is 0 Å². The fourth-order valence-electron chi connectivity index (χ4n) is 3.03. The summed E-state index contributed by atoms with van der Waals surface area (Å²) in [6.45, 7) is 0. The van der Waals surface area contributed by atoms with Gasteiger partial charge in [0, 0.05) is 16.3 Å². The van der Waals surface area contributed by atoms with Crippen molar-refractivity contribution in [3.8, 4) is 0 Å². The van der Waals surface area contributed by atoms with Crippen molar-refractivity contribution < 1.29 is 13.5 Å². The Kier molecular flexibility index (Phi) is 2.70. The molecule has 3 aromatic rings. The molecular formula is C14H13N3O4S. The molecule has 0 amide bonds. The van der Waals surface area contributed by atoms with Gasteiger partial charge in [0.15, 0.2) is 9.84 Å². The molecule has 3 heterocycles. The van der Waals surface area contributed by atoms with Crippen LogP contribution in [0.2, 0.25) is 0 Å². The van der Waals surface area contributed by atoms with E-state index in [4.69, 9.17) is 0 Å². The highest BCUT2D eigenvalue weighted by atomic mass is 32.2.